The first kappa shape index (κ1) is 13.5. The van der Waals surface area contributed by atoms with Crippen molar-refractivity contribution in [3.8, 4) is 5.75 Å². The predicted octanol–water partition coefficient (Wildman–Crippen LogP) is 2.22. The third-order valence-electron chi connectivity index (χ3n) is 2.14. The summed E-state index contributed by atoms with van der Waals surface area (Å²) >= 11 is 0. The molecule has 0 heterocycles. The van der Waals surface area contributed by atoms with Crippen LogP contribution in [0.4, 0.5) is 0 Å². The van der Waals surface area contributed by atoms with E-state index in [0.717, 1.165) is 11.3 Å². The molecule has 0 unspecified atom stereocenters. The van der Waals surface area contributed by atoms with Gasteiger partial charge in [0, 0.05) is 6.42 Å². The van der Waals surface area contributed by atoms with Crippen molar-refractivity contribution in [3.05, 3.63) is 29.8 Å². The van der Waals surface area contributed by atoms with Crippen LogP contribution in [0.5, 0.6) is 5.75 Å². The first-order chi connectivity index (χ1) is 8.22. The minimum atomic E-state index is -0.111. The van der Waals surface area contributed by atoms with Gasteiger partial charge in [0.1, 0.15) is 5.75 Å². The Balaban J connectivity index is 2.14. The van der Waals surface area contributed by atoms with Gasteiger partial charge in [0.25, 0.3) is 0 Å². The summed E-state index contributed by atoms with van der Waals surface area (Å²) in [7, 11) is 0. The van der Waals surface area contributed by atoms with Crippen molar-refractivity contribution in [1.82, 2.24) is 5.48 Å². The second-order valence-corrected chi connectivity index (χ2v) is 3.73. The SMILES string of the molecule is CCONC(=O)CCCOc1cccc(C)c1. The van der Waals surface area contributed by atoms with Crippen LogP contribution >= 0.6 is 0 Å². The lowest BCUT2D eigenvalue weighted by molar-refractivity contribution is -0.133. The van der Waals surface area contributed by atoms with Crippen molar-refractivity contribution < 1.29 is 14.4 Å². The van der Waals surface area contributed by atoms with Crippen LogP contribution in [0.2, 0.25) is 0 Å². The summed E-state index contributed by atoms with van der Waals surface area (Å²) in [5.74, 6) is 0.731. The van der Waals surface area contributed by atoms with Gasteiger partial charge in [0.15, 0.2) is 0 Å². The zero-order chi connectivity index (χ0) is 12.5. The highest BCUT2D eigenvalue weighted by atomic mass is 16.6. The number of ether oxygens (including phenoxy) is 1. The van der Waals surface area contributed by atoms with Crippen LogP contribution in [0.15, 0.2) is 24.3 Å². The Kier molecular flexibility index (Phi) is 6.10. The molecule has 0 aliphatic carbocycles. The number of rotatable bonds is 7. The lowest BCUT2D eigenvalue weighted by Crippen LogP contribution is -2.23. The molecular formula is C13H19NO3. The van der Waals surface area contributed by atoms with Crippen LogP contribution in [-0.4, -0.2) is 19.1 Å². The molecular weight excluding hydrogens is 218 g/mol. The molecule has 0 bridgehead atoms. The lowest BCUT2D eigenvalue weighted by Gasteiger charge is -2.07. The van der Waals surface area contributed by atoms with E-state index in [9.17, 15) is 4.79 Å². The van der Waals surface area contributed by atoms with Gasteiger partial charge in [-0.1, -0.05) is 12.1 Å². The minimum absolute atomic E-state index is 0.111. The highest BCUT2D eigenvalue weighted by molar-refractivity contribution is 5.74. The average molecular weight is 237 g/mol. The predicted molar refractivity (Wildman–Crippen MR) is 65.7 cm³/mol. The molecule has 1 rings (SSSR count). The molecule has 0 spiro atoms. The zero-order valence-electron chi connectivity index (χ0n) is 10.4. The van der Waals surface area contributed by atoms with Gasteiger partial charge < -0.3 is 4.74 Å². The van der Waals surface area contributed by atoms with Gasteiger partial charge in [-0.3, -0.25) is 9.63 Å². The number of amides is 1. The third-order valence-corrected chi connectivity index (χ3v) is 2.14. The van der Waals surface area contributed by atoms with E-state index in [1.165, 1.54) is 0 Å². The zero-order valence-corrected chi connectivity index (χ0v) is 10.4. The highest BCUT2D eigenvalue weighted by Crippen LogP contribution is 2.12. The summed E-state index contributed by atoms with van der Waals surface area (Å²) in [5.41, 5.74) is 3.51. The molecule has 0 aliphatic heterocycles. The van der Waals surface area contributed by atoms with Gasteiger partial charge in [-0.25, -0.2) is 5.48 Å². The smallest absolute Gasteiger partial charge is 0.243 e. The van der Waals surface area contributed by atoms with Gasteiger partial charge in [0.05, 0.1) is 13.2 Å². The van der Waals surface area contributed by atoms with E-state index in [-0.39, 0.29) is 5.91 Å². The van der Waals surface area contributed by atoms with Crippen LogP contribution in [0.25, 0.3) is 0 Å². The van der Waals surface area contributed by atoms with E-state index in [1.54, 1.807) is 0 Å². The van der Waals surface area contributed by atoms with E-state index >= 15 is 0 Å². The van der Waals surface area contributed by atoms with Gasteiger partial charge in [0.2, 0.25) is 5.91 Å². The molecule has 94 valence electrons. The topological polar surface area (TPSA) is 47.6 Å². The summed E-state index contributed by atoms with van der Waals surface area (Å²) in [6, 6.07) is 7.85. The standard InChI is InChI=1S/C13H19NO3/c1-3-17-14-13(15)8-5-9-16-12-7-4-6-11(2)10-12/h4,6-7,10H,3,5,8-9H2,1-2H3,(H,14,15). The molecule has 0 saturated heterocycles. The summed E-state index contributed by atoms with van der Waals surface area (Å²) in [4.78, 5) is 16.0. The highest BCUT2D eigenvalue weighted by Gasteiger charge is 2.00. The fourth-order valence-electron chi connectivity index (χ4n) is 1.33. The van der Waals surface area contributed by atoms with E-state index in [1.807, 2.05) is 38.1 Å². The Morgan fingerprint density at radius 1 is 1.41 bits per heavy atom. The van der Waals surface area contributed by atoms with Crippen molar-refractivity contribution in [1.29, 1.82) is 0 Å². The maximum Gasteiger partial charge on any atom is 0.243 e. The molecule has 1 N–H and O–H groups in total. The Hall–Kier alpha value is -1.55. The fraction of sp³-hybridized carbons (Fsp3) is 0.462. The number of carbonyl (C=O) groups is 1. The van der Waals surface area contributed by atoms with E-state index in [2.05, 4.69) is 5.48 Å². The average Bonchev–Trinajstić information content (AvgIpc) is 2.32. The van der Waals surface area contributed by atoms with Crippen molar-refractivity contribution in [3.63, 3.8) is 0 Å². The number of hydroxylamine groups is 1. The molecule has 0 aromatic heterocycles. The number of hydrogen-bond donors (Lipinski definition) is 1. The third kappa shape index (κ3) is 5.92. The van der Waals surface area contributed by atoms with Crippen LogP contribution in [0.1, 0.15) is 25.3 Å². The normalized spacial score (nSPS) is 10.0. The molecule has 0 fully saturated rings. The number of carbonyl (C=O) groups excluding carboxylic acids is 1. The maximum absolute atomic E-state index is 11.2. The maximum atomic E-state index is 11.2. The molecule has 0 aliphatic rings. The fourth-order valence-corrected chi connectivity index (χ4v) is 1.33. The van der Waals surface area contributed by atoms with Gasteiger partial charge in [-0.15, -0.1) is 0 Å². The number of benzene rings is 1. The Bertz CT molecular complexity index is 352. The van der Waals surface area contributed by atoms with Crippen LogP contribution in [0.3, 0.4) is 0 Å². The molecule has 1 aromatic carbocycles. The molecule has 17 heavy (non-hydrogen) atoms. The first-order valence-electron chi connectivity index (χ1n) is 5.82. The summed E-state index contributed by atoms with van der Waals surface area (Å²) < 4.78 is 5.52. The number of hydrogen-bond acceptors (Lipinski definition) is 3. The van der Waals surface area contributed by atoms with Gasteiger partial charge >= 0.3 is 0 Å². The number of nitrogens with one attached hydrogen (secondary N) is 1. The van der Waals surface area contributed by atoms with E-state index in [0.29, 0.717) is 26.1 Å². The second-order valence-electron chi connectivity index (χ2n) is 3.73. The van der Waals surface area contributed by atoms with Crippen LogP contribution < -0.4 is 10.2 Å². The second kappa shape index (κ2) is 7.68. The largest absolute Gasteiger partial charge is 0.494 e. The Labute approximate surface area is 102 Å². The van der Waals surface area contributed by atoms with E-state index in [4.69, 9.17) is 9.57 Å². The van der Waals surface area contributed by atoms with Crippen molar-refractivity contribution in [2.24, 2.45) is 0 Å². The monoisotopic (exact) mass is 237 g/mol. The molecule has 4 nitrogen and oxygen atoms in total. The quantitative estimate of drug-likeness (QED) is 0.584. The Morgan fingerprint density at radius 2 is 2.24 bits per heavy atom. The molecule has 4 heteroatoms. The lowest BCUT2D eigenvalue weighted by atomic mass is 10.2. The first-order valence-corrected chi connectivity index (χ1v) is 5.82. The molecule has 0 saturated carbocycles. The minimum Gasteiger partial charge on any atom is -0.494 e. The summed E-state index contributed by atoms with van der Waals surface area (Å²) in [5, 5.41) is 0. The van der Waals surface area contributed by atoms with Crippen molar-refractivity contribution in [2.45, 2.75) is 26.7 Å². The summed E-state index contributed by atoms with van der Waals surface area (Å²) in [6.45, 7) is 4.85. The molecule has 0 atom stereocenters. The van der Waals surface area contributed by atoms with Crippen LogP contribution in [0, 0.1) is 6.92 Å². The van der Waals surface area contributed by atoms with Gasteiger partial charge in [-0.05, 0) is 38.0 Å². The molecule has 1 amide bonds. The molecule has 1 aromatic rings. The molecule has 0 radical (unpaired) electrons. The van der Waals surface area contributed by atoms with E-state index < -0.39 is 0 Å². The van der Waals surface area contributed by atoms with Crippen molar-refractivity contribution >= 4 is 5.91 Å². The number of aryl methyl sites for hydroxylation is 1. The van der Waals surface area contributed by atoms with Gasteiger partial charge in [-0.2, -0.15) is 0 Å². The summed E-state index contributed by atoms with van der Waals surface area (Å²) in [6.07, 6.45) is 1.08. The van der Waals surface area contributed by atoms with Crippen LogP contribution in [-0.2, 0) is 9.63 Å². The Morgan fingerprint density at radius 3 is 2.94 bits per heavy atom. The van der Waals surface area contributed by atoms with Crippen molar-refractivity contribution in [2.75, 3.05) is 13.2 Å².